The van der Waals surface area contributed by atoms with Gasteiger partial charge in [-0.15, -0.1) is 0 Å². The molecule has 2 aliphatic carbocycles. The second-order valence-corrected chi connectivity index (χ2v) is 8.11. The van der Waals surface area contributed by atoms with Crippen LogP contribution in [0.3, 0.4) is 0 Å². The number of ketones is 3. The van der Waals surface area contributed by atoms with Gasteiger partial charge in [0.05, 0.1) is 5.57 Å². The van der Waals surface area contributed by atoms with Crippen LogP contribution in [0.2, 0.25) is 0 Å². The zero-order valence-corrected chi connectivity index (χ0v) is 16.6. The van der Waals surface area contributed by atoms with E-state index in [0.717, 1.165) is 0 Å². The quantitative estimate of drug-likeness (QED) is 0.614. The van der Waals surface area contributed by atoms with Crippen LogP contribution in [0.1, 0.15) is 42.2 Å². The summed E-state index contributed by atoms with van der Waals surface area (Å²) in [5, 5.41) is 13.9. The molecule has 3 aliphatic rings. The van der Waals surface area contributed by atoms with Crippen LogP contribution in [0.25, 0.3) is 5.76 Å². The summed E-state index contributed by atoms with van der Waals surface area (Å²) in [5.41, 5.74) is -0.564. The van der Waals surface area contributed by atoms with Crippen LogP contribution in [0.4, 0.5) is 5.69 Å². The van der Waals surface area contributed by atoms with E-state index in [0.29, 0.717) is 11.3 Å². The molecule has 3 aromatic rings. The van der Waals surface area contributed by atoms with Gasteiger partial charge in [0.2, 0.25) is 5.91 Å². The highest BCUT2D eigenvalue weighted by Crippen LogP contribution is 2.55. The predicted molar refractivity (Wildman–Crippen MR) is 116 cm³/mol. The Balaban J connectivity index is 1.70. The molecule has 0 fully saturated rings. The first-order chi connectivity index (χ1) is 15.5. The molecule has 1 amide bonds. The number of carbonyl (C=O) groups excluding carboxylic acids is 4. The number of aliphatic hydroxyl groups is 1. The first-order valence-electron chi connectivity index (χ1n) is 10.1. The number of nitrogens with one attached hydrogen (secondary N) is 1. The maximum Gasteiger partial charge on any atom is 0.241 e. The van der Waals surface area contributed by atoms with Crippen LogP contribution < -0.4 is 5.32 Å². The van der Waals surface area contributed by atoms with Crippen LogP contribution in [0.15, 0.2) is 78.4 Å². The van der Waals surface area contributed by atoms with Crippen molar-refractivity contribution in [2.24, 2.45) is 5.92 Å². The topological polar surface area (TPSA) is 101 Å². The minimum absolute atomic E-state index is 0.210. The summed E-state index contributed by atoms with van der Waals surface area (Å²) in [5.74, 6) is -4.21. The molecule has 0 aromatic heterocycles. The summed E-state index contributed by atoms with van der Waals surface area (Å²) in [6, 6.07) is 19.5. The summed E-state index contributed by atoms with van der Waals surface area (Å²) in [4.78, 5) is 54.4. The maximum absolute atomic E-state index is 13.7. The van der Waals surface area contributed by atoms with E-state index in [1.807, 2.05) is 0 Å². The molecule has 0 saturated heterocycles. The van der Waals surface area contributed by atoms with Crippen molar-refractivity contribution < 1.29 is 24.3 Å². The molecule has 1 heterocycles. The first kappa shape index (κ1) is 18.4. The number of Topliss-reactive ketones (excluding diaryl/α,β-unsaturated/α-hetero) is 3. The number of carbonyl (C=O) groups is 4. The Labute approximate surface area is 182 Å². The number of hydrogen-bond acceptors (Lipinski definition) is 5. The van der Waals surface area contributed by atoms with Gasteiger partial charge in [0, 0.05) is 27.9 Å². The normalized spacial score (nSPS) is 21.6. The van der Waals surface area contributed by atoms with Gasteiger partial charge in [-0.1, -0.05) is 66.7 Å². The maximum atomic E-state index is 13.7. The van der Waals surface area contributed by atoms with Crippen molar-refractivity contribution in [2.75, 3.05) is 5.32 Å². The number of anilines is 1. The molecule has 154 valence electrons. The third-order valence-electron chi connectivity index (χ3n) is 6.66. The third kappa shape index (κ3) is 1.99. The SMILES string of the molecule is O=C1C(C2(C3C(=O)c4ccccc4C3=O)C(=O)Nc3ccccc32)=C(O)c2ccccc21. The molecule has 0 bridgehead atoms. The van der Waals surface area contributed by atoms with Gasteiger partial charge >= 0.3 is 0 Å². The Bertz CT molecular complexity index is 1410. The van der Waals surface area contributed by atoms with Crippen LogP contribution in [0.5, 0.6) is 0 Å². The lowest BCUT2D eigenvalue weighted by molar-refractivity contribution is -0.120. The molecule has 3 aromatic carbocycles. The molecule has 0 saturated carbocycles. The number of rotatable bonds is 2. The number of amides is 1. The molecule has 6 heteroatoms. The summed E-state index contributed by atoms with van der Waals surface area (Å²) in [6.45, 7) is 0. The molecule has 1 unspecified atom stereocenters. The van der Waals surface area contributed by atoms with Crippen molar-refractivity contribution in [3.05, 3.63) is 106 Å². The predicted octanol–water partition coefficient (Wildman–Crippen LogP) is 3.74. The molecular weight excluding hydrogens is 406 g/mol. The molecule has 1 aliphatic heterocycles. The molecule has 32 heavy (non-hydrogen) atoms. The lowest BCUT2D eigenvalue weighted by atomic mass is 9.63. The van der Waals surface area contributed by atoms with E-state index in [2.05, 4.69) is 5.32 Å². The van der Waals surface area contributed by atoms with Gasteiger partial charge in [-0.3, -0.25) is 19.2 Å². The summed E-state index contributed by atoms with van der Waals surface area (Å²) >= 11 is 0. The molecule has 0 radical (unpaired) electrons. The van der Waals surface area contributed by atoms with Crippen molar-refractivity contribution in [1.29, 1.82) is 0 Å². The second kappa shape index (κ2) is 6.11. The average molecular weight is 421 g/mol. The molecule has 2 N–H and O–H groups in total. The molecule has 6 rings (SSSR count). The average Bonchev–Trinajstić information content (AvgIpc) is 3.35. The Morgan fingerprint density at radius 2 is 1.22 bits per heavy atom. The van der Waals surface area contributed by atoms with Gasteiger partial charge in [0.25, 0.3) is 0 Å². The summed E-state index contributed by atoms with van der Waals surface area (Å²) < 4.78 is 0. The molecule has 0 spiro atoms. The number of hydrogen-bond donors (Lipinski definition) is 2. The molecule has 1 atom stereocenters. The van der Waals surface area contributed by atoms with Crippen LogP contribution in [-0.4, -0.2) is 28.4 Å². The lowest BCUT2D eigenvalue weighted by Gasteiger charge is -2.32. The van der Waals surface area contributed by atoms with Crippen LogP contribution in [-0.2, 0) is 10.2 Å². The van der Waals surface area contributed by atoms with Crippen molar-refractivity contribution in [1.82, 2.24) is 0 Å². The van der Waals surface area contributed by atoms with Gasteiger partial charge in [-0.05, 0) is 11.6 Å². The molecule has 6 nitrogen and oxygen atoms in total. The van der Waals surface area contributed by atoms with Gasteiger partial charge in [-0.25, -0.2) is 0 Å². The minimum Gasteiger partial charge on any atom is -0.507 e. The van der Waals surface area contributed by atoms with E-state index in [9.17, 15) is 24.3 Å². The van der Waals surface area contributed by atoms with E-state index in [1.54, 1.807) is 72.8 Å². The molecular formula is C26H15NO5. The number of benzene rings is 3. The fraction of sp³-hybridized carbons (Fsp3) is 0.0769. The zero-order valence-electron chi connectivity index (χ0n) is 16.6. The fourth-order valence-electron chi connectivity index (χ4n) is 5.32. The van der Waals surface area contributed by atoms with E-state index in [-0.39, 0.29) is 33.6 Å². The van der Waals surface area contributed by atoms with Crippen LogP contribution in [0, 0.1) is 5.92 Å². The second-order valence-electron chi connectivity index (χ2n) is 8.11. The standard InChI is InChI=1S/C26H15NO5/c28-21-13-7-1-2-8-14(13)22(29)19(21)26(17-11-5-6-12-18(17)27-25(26)32)20-23(30)15-9-3-4-10-16(15)24(20)31/h1-12,19,30H,(H,27,32). The summed E-state index contributed by atoms with van der Waals surface area (Å²) in [7, 11) is 0. The largest absolute Gasteiger partial charge is 0.507 e. The fourth-order valence-corrected chi connectivity index (χ4v) is 5.32. The smallest absolute Gasteiger partial charge is 0.241 e. The Morgan fingerprint density at radius 1 is 0.688 bits per heavy atom. The minimum atomic E-state index is -1.98. The summed E-state index contributed by atoms with van der Waals surface area (Å²) in [6.07, 6.45) is 0. The highest BCUT2D eigenvalue weighted by Gasteiger charge is 2.65. The van der Waals surface area contributed by atoms with Gasteiger partial charge in [-0.2, -0.15) is 0 Å². The number of fused-ring (bicyclic) bond motifs is 3. The van der Waals surface area contributed by atoms with Crippen molar-refractivity contribution in [3.8, 4) is 0 Å². The Morgan fingerprint density at radius 3 is 1.84 bits per heavy atom. The van der Waals surface area contributed by atoms with Crippen molar-refractivity contribution >= 4 is 34.7 Å². The lowest BCUT2D eigenvalue weighted by Crippen LogP contribution is -2.49. The highest BCUT2D eigenvalue weighted by molar-refractivity contribution is 6.35. The van der Waals surface area contributed by atoms with Crippen molar-refractivity contribution in [3.63, 3.8) is 0 Å². The monoisotopic (exact) mass is 421 g/mol. The third-order valence-corrected chi connectivity index (χ3v) is 6.66. The van der Waals surface area contributed by atoms with Gasteiger partial charge in [0.15, 0.2) is 17.3 Å². The van der Waals surface area contributed by atoms with Gasteiger partial charge in [0.1, 0.15) is 17.1 Å². The first-order valence-corrected chi connectivity index (χ1v) is 10.1. The van der Waals surface area contributed by atoms with Crippen molar-refractivity contribution in [2.45, 2.75) is 5.41 Å². The van der Waals surface area contributed by atoms with E-state index in [4.69, 9.17) is 0 Å². The van der Waals surface area contributed by atoms with E-state index < -0.39 is 34.6 Å². The van der Waals surface area contributed by atoms with Crippen LogP contribution >= 0.6 is 0 Å². The zero-order chi connectivity index (χ0) is 22.2. The van der Waals surface area contributed by atoms with E-state index in [1.165, 1.54) is 0 Å². The van der Waals surface area contributed by atoms with E-state index >= 15 is 0 Å². The Hall–Kier alpha value is -4.32. The Kier molecular flexibility index (Phi) is 3.52. The van der Waals surface area contributed by atoms with Gasteiger partial charge < -0.3 is 10.4 Å². The number of aliphatic hydroxyl groups excluding tert-OH is 1. The highest BCUT2D eigenvalue weighted by atomic mass is 16.3. The number of para-hydroxylation sites is 1.